The molecule has 0 aromatic heterocycles. The summed E-state index contributed by atoms with van der Waals surface area (Å²) in [5.41, 5.74) is -6.79. The number of carbonyl (C=O) groups excluding carboxylic acids is 1. The lowest BCUT2D eigenvalue weighted by Crippen LogP contribution is -2.23. The van der Waals surface area contributed by atoms with Gasteiger partial charge >= 0.3 is 11.5 Å². The van der Waals surface area contributed by atoms with E-state index in [0.29, 0.717) is 12.1 Å². The predicted molar refractivity (Wildman–Crippen MR) is 89.7 cm³/mol. The van der Waals surface area contributed by atoms with E-state index < -0.39 is 58.3 Å². The number of alkyl halides is 3. The molecule has 1 atom stereocenters. The van der Waals surface area contributed by atoms with Crippen molar-refractivity contribution in [2.24, 2.45) is 0 Å². The average molecular weight is 437 g/mol. The standard InChI is InChI=1S/C15H10F3NO7S2/c16-15(17,18)28(24,25)11-6-7-13(12(8-11)19(21)22)27(23)9-14(20)26-10-4-2-1-3-5-10/h1-8H,9H2. The molecule has 2 rings (SSSR count). The molecule has 0 saturated heterocycles. The Labute approximate surface area is 158 Å². The molecule has 0 N–H and O–H groups in total. The minimum atomic E-state index is -5.83. The second kappa shape index (κ2) is 8.06. The summed E-state index contributed by atoms with van der Waals surface area (Å²) in [6.45, 7) is 0. The number of esters is 1. The SMILES string of the molecule is O=C(CS(=O)c1ccc(S(=O)(=O)C(F)(F)F)cc1[N+](=O)[O-])Oc1ccccc1. The van der Waals surface area contributed by atoms with Crippen LogP contribution in [0.1, 0.15) is 0 Å². The van der Waals surface area contributed by atoms with Crippen LogP contribution >= 0.6 is 0 Å². The number of ether oxygens (including phenoxy) is 1. The van der Waals surface area contributed by atoms with E-state index in [1.165, 1.54) is 12.1 Å². The third kappa shape index (κ3) is 4.72. The highest BCUT2D eigenvalue weighted by Gasteiger charge is 2.47. The first-order valence-electron chi connectivity index (χ1n) is 7.17. The second-order valence-corrected chi connectivity index (χ2v) is 8.47. The van der Waals surface area contributed by atoms with E-state index in [0.717, 1.165) is 0 Å². The Morgan fingerprint density at radius 1 is 1.14 bits per heavy atom. The number of para-hydroxylation sites is 1. The van der Waals surface area contributed by atoms with Gasteiger partial charge in [-0.2, -0.15) is 13.2 Å². The van der Waals surface area contributed by atoms with E-state index in [2.05, 4.69) is 0 Å². The molecular formula is C15H10F3NO7S2. The number of hydrogen-bond donors (Lipinski definition) is 0. The number of rotatable bonds is 6. The summed E-state index contributed by atoms with van der Waals surface area (Å²) >= 11 is 0. The Hall–Kier alpha value is -2.80. The van der Waals surface area contributed by atoms with Gasteiger partial charge in [-0.25, -0.2) is 8.42 Å². The third-order valence-electron chi connectivity index (χ3n) is 3.21. The lowest BCUT2D eigenvalue weighted by atomic mass is 10.3. The molecule has 8 nitrogen and oxygen atoms in total. The minimum absolute atomic E-state index is 0.130. The highest BCUT2D eigenvalue weighted by Crippen LogP contribution is 2.34. The molecule has 0 aliphatic rings. The molecule has 0 bridgehead atoms. The van der Waals surface area contributed by atoms with Crippen molar-refractivity contribution in [3.05, 3.63) is 58.6 Å². The minimum Gasteiger partial charge on any atom is -0.426 e. The van der Waals surface area contributed by atoms with Gasteiger partial charge in [-0.05, 0) is 24.3 Å². The summed E-state index contributed by atoms with van der Waals surface area (Å²) in [5, 5.41) is 11.1. The molecule has 150 valence electrons. The summed E-state index contributed by atoms with van der Waals surface area (Å²) in [5.74, 6) is -1.71. The number of hydrogen-bond acceptors (Lipinski definition) is 7. The molecular weight excluding hydrogens is 427 g/mol. The first kappa shape index (κ1) is 21.5. The first-order valence-corrected chi connectivity index (χ1v) is 9.97. The number of nitro groups is 1. The van der Waals surface area contributed by atoms with Crippen molar-refractivity contribution < 1.29 is 40.3 Å². The lowest BCUT2D eigenvalue weighted by molar-refractivity contribution is -0.388. The van der Waals surface area contributed by atoms with Gasteiger partial charge in [-0.1, -0.05) is 18.2 Å². The fourth-order valence-electron chi connectivity index (χ4n) is 1.97. The summed E-state index contributed by atoms with van der Waals surface area (Å²) in [6, 6.07) is 8.82. The summed E-state index contributed by atoms with van der Waals surface area (Å²) < 4.78 is 77.8. The average Bonchev–Trinajstić information content (AvgIpc) is 2.60. The number of nitrogens with zero attached hydrogens (tertiary/aromatic N) is 1. The van der Waals surface area contributed by atoms with Gasteiger partial charge in [-0.3, -0.25) is 19.1 Å². The zero-order valence-electron chi connectivity index (χ0n) is 13.6. The molecule has 0 aliphatic carbocycles. The Balaban J connectivity index is 2.31. The molecule has 1 unspecified atom stereocenters. The van der Waals surface area contributed by atoms with E-state index in [9.17, 15) is 40.7 Å². The van der Waals surface area contributed by atoms with Crippen LogP contribution in [-0.4, -0.2) is 34.8 Å². The van der Waals surface area contributed by atoms with Gasteiger partial charge < -0.3 is 4.74 Å². The van der Waals surface area contributed by atoms with Crippen molar-refractivity contribution in [1.82, 2.24) is 0 Å². The summed E-state index contributed by atoms with van der Waals surface area (Å²) in [4.78, 5) is 19.7. The number of sulfone groups is 1. The van der Waals surface area contributed by atoms with Crippen LogP contribution in [0.3, 0.4) is 0 Å². The van der Waals surface area contributed by atoms with Crippen LogP contribution in [0.25, 0.3) is 0 Å². The van der Waals surface area contributed by atoms with Gasteiger partial charge in [0.2, 0.25) is 0 Å². The van der Waals surface area contributed by atoms with E-state index in [-0.39, 0.29) is 11.8 Å². The maximum Gasteiger partial charge on any atom is 0.501 e. The molecule has 0 heterocycles. The van der Waals surface area contributed by atoms with Crippen LogP contribution < -0.4 is 4.74 Å². The van der Waals surface area contributed by atoms with Crippen molar-refractivity contribution in [2.75, 3.05) is 5.75 Å². The molecule has 0 amide bonds. The predicted octanol–water partition coefficient (Wildman–Crippen LogP) is 2.60. The zero-order valence-corrected chi connectivity index (χ0v) is 15.2. The summed E-state index contributed by atoms with van der Waals surface area (Å²) in [7, 11) is -8.20. The Morgan fingerprint density at radius 3 is 2.29 bits per heavy atom. The Bertz CT molecular complexity index is 1040. The molecule has 2 aromatic carbocycles. The number of carbonyl (C=O) groups is 1. The van der Waals surface area contributed by atoms with E-state index in [1.54, 1.807) is 18.2 Å². The third-order valence-corrected chi connectivity index (χ3v) is 6.03. The lowest BCUT2D eigenvalue weighted by Gasteiger charge is -2.09. The molecule has 0 saturated carbocycles. The maximum absolute atomic E-state index is 12.6. The maximum atomic E-state index is 12.6. The van der Waals surface area contributed by atoms with E-state index in [1.807, 2.05) is 0 Å². The largest absolute Gasteiger partial charge is 0.501 e. The van der Waals surface area contributed by atoms with Gasteiger partial charge in [0.25, 0.3) is 15.5 Å². The van der Waals surface area contributed by atoms with Crippen LogP contribution in [-0.2, 0) is 25.4 Å². The monoisotopic (exact) mass is 437 g/mol. The zero-order chi connectivity index (χ0) is 21.1. The first-order chi connectivity index (χ1) is 12.9. The van der Waals surface area contributed by atoms with Crippen molar-refractivity contribution in [3.63, 3.8) is 0 Å². The van der Waals surface area contributed by atoms with Gasteiger partial charge in [-0.15, -0.1) is 0 Å². The topological polar surface area (TPSA) is 121 Å². The number of nitro benzene ring substituents is 1. The second-order valence-electron chi connectivity index (χ2n) is 5.11. The molecule has 0 spiro atoms. The highest BCUT2D eigenvalue weighted by atomic mass is 32.2. The molecule has 2 aromatic rings. The highest BCUT2D eigenvalue weighted by molar-refractivity contribution is 7.92. The van der Waals surface area contributed by atoms with Crippen LogP contribution in [0.4, 0.5) is 18.9 Å². The fourth-order valence-corrected chi connectivity index (χ4v) is 3.76. The van der Waals surface area contributed by atoms with Crippen LogP contribution in [0.2, 0.25) is 0 Å². The van der Waals surface area contributed by atoms with Gasteiger partial charge in [0.05, 0.1) is 20.6 Å². The molecule has 0 fully saturated rings. The van der Waals surface area contributed by atoms with Gasteiger partial charge in [0.1, 0.15) is 16.4 Å². The van der Waals surface area contributed by atoms with E-state index in [4.69, 9.17) is 4.74 Å². The van der Waals surface area contributed by atoms with Crippen LogP contribution in [0.5, 0.6) is 5.75 Å². The van der Waals surface area contributed by atoms with Gasteiger partial charge in [0, 0.05) is 6.07 Å². The Morgan fingerprint density at radius 2 is 1.75 bits per heavy atom. The van der Waals surface area contributed by atoms with Crippen molar-refractivity contribution in [1.29, 1.82) is 0 Å². The smallest absolute Gasteiger partial charge is 0.426 e. The van der Waals surface area contributed by atoms with Crippen LogP contribution in [0.15, 0.2) is 58.3 Å². The van der Waals surface area contributed by atoms with Crippen molar-refractivity contribution in [3.8, 4) is 5.75 Å². The summed E-state index contributed by atoms with van der Waals surface area (Å²) in [6.07, 6.45) is 0. The van der Waals surface area contributed by atoms with Gasteiger partial charge in [0.15, 0.2) is 0 Å². The fraction of sp³-hybridized carbons (Fsp3) is 0.133. The molecule has 28 heavy (non-hydrogen) atoms. The van der Waals surface area contributed by atoms with Crippen molar-refractivity contribution >= 4 is 32.3 Å². The normalized spacial score (nSPS) is 13.0. The number of benzene rings is 2. The molecule has 0 aliphatic heterocycles. The van der Waals surface area contributed by atoms with Crippen molar-refractivity contribution in [2.45, 2.75) is 15.3 Å². The van der Waals surface area contributed by atoms with Crippen LogP contribution in [0, 0.1) is 10.1 Å². The Kier molecular flexibility index (Phi) is 6.19. The molecule has 0 radical (unpaired) electrons. The van der Waals surface area contributed by atoms with E-state index >= 15 is 0 Å². The quantitative estimate of drug-likeness (QED) is 0.295. The number of halogens is 3. The molecule has 13 heteroatoms.